The molecular weight excluding hydrogens is 219 g/mol. The van der Waals surface area contributed by atoms with Crippen LogP contribution in [0.5, 0.6) is 0 Å². The number of hydrogen-bond acceptors (Lipinski definition) is 1. The van der Waals surface area contributed by atoms with E-state index in [0.717, 1.165) is 5.69 Å². The van der Waals surface area contributed by atoms with Crippen molar-refractivity contribution in [1.82, 2.24) is 4.57 Å². The molecular formula is C13H17FN2O. The molecule has 92 valence electrons. The standard InChI is InChI=1S/C13H17FN2O/c1-7(2)16-6-11(13(15)17)10-5-9(14)4-8(3)12(10)16/h5-8H,4H2,1-3H3,(H2,15,17). The summed E-state index contributed by atoms with van der Waals surface area (Å²) in [5.41, 5.74) is 7.42. The molecule has 2 rings (SSSR count). The number of allylic oxidation sites excluding steroid dienone is 1. The van der Waals surface area contributed by atoms with Crippen LogP contribution in [-0.4, -0.2) is 10.5 Å². The van der Waals surface area contributed by atoms with Gasteiger partial charge >= 0.3 is 0 Å². The second kappa shape index (κ2) is 4.02. The van der Waals surface area contributed by atoms with Gasteiger partial charge < -0.3 is 10.3 Å². The van der Waals surface area contributed by atoms with Gasteiger partial charge in [-0.05, 0) is 19.9 Å². The number of carbonyl (C=O) groups excluding carboxylic acids is 1. The van der Waals surface area contributed by atoms with E-state index in [4.69, 9.17) is 5.73 Å². The van der Waals surface area contributed by atoms with Crippen LogP contribution in [0.2, 0.25) is 0 Å². The summed E-state index contributed by atoms with van der Waals surface area (Å²) in [6, 6.07) is 0.230. The maximum absolute atomic E-state index is 13.5. The minimum atomic E-state index is -0.501. The predicted molar refractivity (Wildman–Crippen MR) is 65.5 cm³/mol. The molecule has 1 aliphatic carbocycles. The lowest BCUT2D eigenvalue weighted by Gasteiger charge is -2.22. The molecule has 1 aliphatic rings. The molecule has 1 heterocycles. The van der Waals surface area contributed by atoms with Crippen molar-refractivity contribution in [1.29, 1.82) is 0 Å². The van der Waals surface area contributed by atoms with Crippen molar-refractivity contribution >= 4 is 12.0 Å². The van der Waals surface area contributed by atoms with Gasteiger partial charge in [-0.15, -0.1) is 0 Å². The third kappa shape index (κ3) is 1.88. The summed E-state index contributed by atoms with van der Waals surface area (Å²) in [6.45, 7) is 6.04. The summed E-state index contributed by atoms with van der Waals surface area (Å²) in [4.78, 5) is 11.4. The summed E-state index contributed by atoms with van der Waals surface area (Å²) >= 11 is 0. The Balaban J connectivity index is 2.69. The van der Waals surface area contributed by atoms with Crippen LogP contribution in [0.3, 0.4) is 0 Å². The highest BCUT2D eigenvalue weighted by atomic mass is 19.1. The summed E-state index contributed by atoms with van der Waals surface area (Å²) in [6.07, 6.45) is 3.57. The monoisotopic (exact) mass is 236 g/mol. The lowest BCUT2D eigenvalue weighted by molar-refractivity contribution is 0.1000. The van der Waals surface area contributed by atoms with Crippen molar-refractivity contribution in [3.05, 3.63) is 28.8 Å². The van der Waals surface area contributed by atoms with Gasteiger partial charge in [0.2, 0.25) is 0 Å². The Morgan fingerprint density at radius 3 is 2.76 bits per heavy atom. The first-order valence-electron chi connectivity index (χ1n) is 5.82. The van der Waals surface area contributed by atoms with E-state index in [9.17, 15) is 9.18 Å². The van der Waals surface area contributed by atoms with E-state index in [1.165, 1.54) is 6.08 Å². The van der Waals surface area contributed by atoms with Gasteiger partial charge in [0.15, 0.2) is 0 Å². The molecule has 0 fully saturated rings. The van der Waals surface area contributed by atoms with Crippen LogP contribution < -0.4 is 5.73 Å². The Bertz CT molecular complexity index is 500. The second-order valence-corrected chi connectivity index (χ2v) is 4.90. The maximum Gasteiger partial charge on any atom is 0.250 e. The molecule has 1 unspecified atom stereocenters. The fraction of sp³-hybridized carbons (Fsp3) is 0.462. The van der Waals surface area contributed by atoms with Crippen LogP contribution in [0, 0.1) is 0 Å². The highest BCUT2D eigenvalue weighted by Crippen LogP contribution is 2.38. The first-order chi connectivity index (χ1) is 7.91. The van der Waals surface area contributed by atoms with Gasteiger partial charge in [-0.25, -0.2) is 4.39 Å². The summed E-state index contributed by atoms with van der Waals surface area (Å²) in [5.74, 6) is -0.613. The molecule has 0 aliphatic heterocycles. The van der Waals surface area contributed by atoms with E-state index in [1.54, 1.807) is 6.20 Å². The predicted octanol–water partition coefficient (Wildman–Crippen LogP) is 2.99. The Hall–Kier alpha value is -1.58. The Morgan fingerprint density at radius 1 is 1.59 bits per heavy atom. The SMILES string of the molecule is CC1CC(F)=Cc2c(C(N)=O)cn(C(C)C)c21. The van der Waals surface area contributed by atoms with Gasteiger partial charge in [-0.1, -0.05) is 6.92 Å². The molecule has 0 spiro atoms. The Kier molecular flexibility index (Phi) is 2.81. The van der Waals surface area contributed by atoms with Crippen molar-refractivity contribution in [3.63, 3.8) is 0 Å². The average molecular weight is 236 g/mol. The highest BCUT2D eigenvalue weighted by Gasteiger charge is 2.27. The van der Waals surface area contributed by atoms with Crippen LogP contribution in [0.25, 0.3) is 6.08 Å². The smallest absolute Gasteiger partial charge is 0.250 e. The maximum atomic E-state index is 13.5. The number of fused-ring (bicyclic) bond motifs is 1. The summed E-state index contributed by atoms with van der Waals surface area (Å²) in [5, 5.41) is 0. The Labute approximate surface area is 100 Å². The van der Waals surface area contributed by atoms with Crippen LogP contribution in [-0.2, 0) is 0 Å². The van der Waals surface area contributed by atoms with Gasteiger partial charge in [0, 0.05) is 35.8 Å². The van der Waals surface area contributed by atoms with Crippen molar-refractivity contribution < 1.29 is 9.18 Å². The lowest BCUT2D eigenvalue weighted by atomic mass is 9.91. The number of halogens is 1. The molecule has 2 N–H and O–H groups in total. The number of aromatic nitrogens is 1. The molecule has 0 aromatic carbocycles. The molecule has 0 saturated heterocycles. The van der Waals surface area contributed by atoms with Crippen LogP contribution in [0.15, 0.2) is 12.0 Å². The number of carbonyl (C=O) groups is 1. The zero-order valence-corrected chi connectivity index (χ0v) is 10.3. The van der Waals surface area contributed by atoms with E-state index in [2.05, 4.69) is 0 Å². The van der Waals surface area contributed by atoms with Gasteiger partial charge in [0.1, 0.15) is 5.83 Å². The van der Waals surface area contributed by atoms with Crippen molar-refractivity contribution in [2.75, 3.05) is 0 Å². The molecule has 4 heteroatoms. The molecule has 0 saturated carbocycles. The molecule has 0 bridgehead atoms. The van der Waals surface area contributed by atoms with Crippen LogP contribution >= 0.6 is 0 Å². The lowest BCUT2D eigenvalue weighted by Crippen LogP contribution is -2.13. The van der Waals surface area contributed by atoms with Crippen molar-refractivity contribution in [2.24, 2.45) is 5.73 Å². The average Bonchev–Trinajstić information content (AvgIpc) is 2.56. The van der Waals surface area contributed by atoms with Gasteiger partial charge in [-0.2, -0.15) is 0 Å². The van der Waals surface area contributed by atoms with E-state index in [0.29, 0.717) is 17.5 Å². The summed E-state index contributed by atoms with van der Waals surface area (Å²) < 4.78 is 15.5. The van der Waals surface area contributed by atoms with E-state index in [1.807, 2.05) is 25.3 Å². The third-order valence-electron chi connectivity index (χ3n) is 3.20. The van der Waals surface area contributed by atoms with E-state index in [-0.39, 0.29) is 17.8 Å². The molecule has 0 radical (unpaired) electrons. The van der Waals surface area contributed by atoms with Crippen LogP contribution in [0.4, 0.5) is 4.39 Å². The first-order valence-corrected chi connectivity index (χ1v) is 5.82. The van der Waals surface area contributed by atoms with Gasteiger partial charge in [0.05, 0.1) is 5.56 Å². The highest BCUT2D eigenvalue weighted by molar-refractivity contribution is 5.97. The minimum Gasteiger partial charge on any atom is -0.366 e. The quantitative estimate of drug-likeness (QED) is 0.843. The molecule has 1 aromatic heterocycles. The van der Waals surface area contributed by atoms with Crippen molar-refractivity contribution in [2.45, 2.75) is 39.2 Å². The molecule has 1 atom stereocenters. The fourth-order valence-corrected chi connectivity index (χ4v) is 2.46. The number of hydrogen-bond donors (Lipinski definition) is 1. The minimum absolute atomic E-state index is 0.0745. The molecule has 1 amide bonds. The van der Waals surface area contributed by atoms with Gasteiger partial charge in [-0.3, -0.25) is 4.79 Å². The molecule has 17 heavy (non-hydrogen) atoms. The molecule has 3 nitrogen and oxygen atoms in total. The van der Waals surface area contributed by atoms with Crippen molar-refractivity contribution in [3.8, 4) is 0 Å². The topological polar surface area (TPSA) is 48.0 Å². The number of primary amides is 1. The number of nitrogens with two attached hydrogens (primary N) is 1. The fourth-order valence-electron chi connectivity index (χ4n) is 2.46. The second-order valence-electron chi connectivity index (χ2n) is 4.90. The Morgan fingerprint density at radius 2 is 2.24 bits per heavy atom. The van der Waals surface area contributed by atoms with E-state index >= 15 is 0 Å². The largest absolute Gasteiger partial charge is 0.366 e. The van der Waals surface area contributed by atoms with E-state index < -0.39 is 5.91 Å². The zero-order chi connectivity index (χ0) is 12.7. The van der Waals surface area contributed by atoms with Gasteiger partial charge in [0.25, 0.3) is 5.91 Å². The number of nitrogens with zero attached hydrogens (tertiary/aromatic N) is 1. The number of rotatable bonds is 2. The third-order valence-corrected chi connectivity index (χ3v) is 3.20. The normalized spacial score (nSPS) is 19.1. The number of amides is 1. The first kappa shape index (κ1) is 11.9. The van der Waals surface area contributed by atoms with Crippen LogP contribution in [0.1, 0.15) is 60.8 Å². The molecule has 1 aromatic rings. The zero-order valence-electron chi connectivity index (χ0n) is 10.3. The summed E-state index contributed by atoms with van der Waals surface area (Å²) in [7, 11) is 0.